The third-order valence-corrected chi connectivity index (χ3v) is 5.05. The summed E-state index contributed by atoms with van der Waals surface area (Å²) in [5, 5.41) is 2.08. The zero-order valence-corrected chi connectivity index (χ0v) is 7.66. The third kappa shape index (κ3) is 2.64. The van der Waals surface area contributed by atoms with Crippen molar-refractivity contribution in [3.8, 4) is 0 Å². The summed E-state index contributed by atoms with van der Waals surface area (Å²) in [6.45, 7) is 0. The van der Waals surface area contributed by atoms with Gasteiger partial charge in [0.25, 0.3) is 0 Å². The highest BCUT2D eigenvalue weighted by molar-refractivity contribution is 8.10. The fourth-order valence-corrected chi connectivity index (χ4v) is 3.71. The van der Waals surface area contributed by atoms with E-state index in [2.05, 4.69) is 35.3 Å². The van der Waals surface area contributed by atoms with Gasteiger partial charge in [0.15, 0.2) is 0 Å². The van der Waals surface area contributed by atoms with E-state index in [0.29, 0.717) is 0 Å². The van der Waals surface area contributed by atoms with Gasteiger partial charge in [0, 0.05) is 33.5 Å². The number of hydrogen-bond donors (Lipinski definition) is 0. The topological polar surface area (TPSA) is 0 Å². The van der Waals surface area contributed by atoms with Crippen LogP contribution in [0.4, 0.5) is 0 Å². The standard InChI is InChI=1S/C6H10S3/c1(5-3-8-5)7-2-6-4-9-6/h5-6H,1-4H2/t5-,6-/m0/s1. The van der Waals surface area contributed by atoms with Crippen LogP contribution in [0.25, 0.3) is 0 Å². The van der Waals surface area contributed by atoms with Gasteiger partial charge in [0.1, 0.15) is 0 Å². The van der Waals surface area contributed by atoms with Gasteiger partial charge in [-0.05, 0) is 0 Å². The maximum absolute atomic E-state index is 2.15. The van der Waals surface area contributed by atoms with Crippen molar-refractivity contribution in [3.63, 3.8) is 0 Å². The average Bonchev–Trinajstić information content (AvgIpc) is 2.57. The van der Waals surface area contributed by atoms with Crippen molar-refractivity contribution in [2.75, 3.05) is 23.0 Å². The highest BCUT2D eigenvalue weighted by Gasteiger charge is 2.25. The number of thioether (sulfide) groups is 3. The highest BCUT2D eigenvalue weighted by atomic mass is 32.2. The van der Waals surface area contributed by atoms with Crippen molar-refractivity contribution < 1.29 is 0 Å². The van der Waals surface area contributed by atoms with Crippen LogP contribution in [0.15, 0.2) is 0 Å². The minimum Gasteiger partial charge on any atom is -0.160 e. The molecule has 2 aliphatic rings. The highest BCUT2D eigenvalue weighted by Crippen LogP contribution is 2.37. The van der Waals surface area contributed by atoms with E-state index in [4.69, 9.17) is 0 Å². The second-order valence-corrected chi connectivity index (χ2v) is 6.19. The number of rotatable bonds is 4. The largest absolute Gasteiger partial charge is 0.160 e. The van der Waals surface area contributed by atoms with E-state index in [0.717, 1.165) is 10.5 Å². The van der Waals surface area contributed by atoms with Crippen molar-refractivity contribution in [2.24, 2.45) is 0 Å². The summed E-state index contributed by atoms with van der Waals surface area (Å²) < 4.78 is 0. The quantitative estimate of drug-likeness (QED) is 0.604. The molecule has 0 saturated carbocycles. The summed E-state index contributed by atoms with van der Waals surface area (Å²) in [6.07, 6.45) is 0. The average molecular weight is 178 g/mol. The smallest absolute Gasteiger partial charge is 0.0229 e. The van der Waals surface area contributed by atoms with Gasteiger partial charge in [-0.2, -0.15) is 35.3 Å². The molecular weight excluding hydrogens is 168 g/mol. The SMILES string of the molecule is C(SC[C@H]1CS1)[C@H]1CS1. The first-order valence-corrected chi connectivity index (χ1v) is 6.51. The molecule has 0 radical (unpaired) electrons. The van der Waals surface area contributed by atoms with Crippen LogP contribution in [-0.4, -0.2) is 33.5 Å². The van der Waals surface area contributed by atoms with Crippen molar-refractivity contribution >= 4 is 35.3 Å². The van der Waals surface area contributed by atoms with Gasteiger partial charge in [0.05, 0.1) is 0 Å². The van der Waals surface area contributed by atoms with Crippen LogP contribution in [0.1, 0.15) is 0 Å². The van der Waals surface area contributed by atoms with Crippen molar-refractivity contribution in [2.45, 2.75) is 10.5 Å². The molecule has 2 heterocycles. The number of hydrogen-bond acceptors (Lipinski definition) is 3. The monoisotopic (exact) mass is 178 g/mol. The molecule has 0 N–H and O–H groups in total. The lowest BCUT2D eigenvalue weighted by atomic mass is 10.6. The van der Waals surface area contributed by atoms with Gasteiger partial charge >= 0.3 is 0 Å². The predicted octanol–water partition coefficient (Wildman–Crippen LogP) is 1.95. The molecule has 0 spiro atoms. The fourth-order valence-electron chi connectivity index (χ4n) is 0.659. The third-order valence-electron chi connectivity index (χ3n) is 1.41. The maximum atomic E-state index is 2.15. The van der Waals surface area contributed by atoms with Gasteiger partial charge in [-0.1, -0.05) is 0 Å². The van der Waals surface area contributed by atoms with Gasteiger partial charge < -0.3 is 0 Å². The van der Waals surface area contributed by atoms with E-state index in [9.17, 15) is 0 Å². The van der Waals surface area contributed by atoms with Crippen molar-refractivity contribution in [1.29, 1.82) is 0 Å². The first-order valence-electron chi connectivity index (χ1n) is 3.26. The molecule has 2 saturated heterocycles. The molecule has 0 amide bonds. The summed E-state index contributed by atoms with van der Waals surface area (Å²) in [4.78, 5) is 0. The molecule has 2 fully saturated rings. The molecule has 2 rings (SSSR count). The molecule has 0 aromatic rings. The molecule has 0 bridgehead atoms. The molecule has 52 valence electrons. The molecule has 2 atom stereocenters. The van der Waals surface area contributed by atoms with E-state index in [1.54, 1.807) is 0 Å². The van der Waals surface area contributed by atoms with E-state index >= 15 is 0 Å². The van der Waals surface area contributed by atoms with Crippen molar-refractivity contribution in [3.05, 3.63) is 0 Å². The lowest BCUT2D eigenvalue weighted by molar-refractivity contribution is 1.23. The Labute approximate surface area is 68.9 Å². The Balaban J connectivity index is 1.46. The molecule has 0 nitrogen and oxygen atoms in total. The van der Waals surface area contributed by atoms with Crippen LogP contribution in [-0.2, 0) is 0 Å². The summed E-state index contributed by atoms with van der Waals surface area (Å²) in [5.41, 5.74) is 0. The maximum Gasteiger partial charge on any atom is 0.0229 e. The van der Waals surface area contributed by atoms with E-state index in [1.165, 1.54) is 23.0 Å². The van der Waals surface area contributed by atoms with Crippen molar-refractivity contribution in [1.82, 2.24) is 0 Å². The lowest BCUT2D eigenvalue weighted by Crippen LogP contribution is -1.93. The molecule has 0 aliphatic carbocycles. The Kier molecular flexibility index (Phi) is 2.23. The van der Waals surface area contributed by atoms with Gasteiger partial charge in [-0.25, -0.2) is 0 Å². The van der Waals surface area contributed by atoms with E-state index in [-0.39, 0.29) is 0 Å². The molecule has 0 aromatic heterocycles. The molecule has 0 aromatic carbocycles. The van der Waals surface area contributed by atoms with Crippen LogP contribution < -0.4 is 0 Å². The molecule has 0 unspecified atom stereocenters. The molecule has 9 heavy (non-hydrogen) atoms. The van der Waals surface area contributed by atoms with Gasteiger partial charge in [-0.3, -0.25) is 0 Å². The minimum atomic E-state index is 1.04. The zero-order chi connectivity index (χ0) is 6.10. The Morgan fingerprint density at radius 3 is 1.89 bits per heavy atom. The van der Waals surface area contributed by atoms with Crippen LogP contribution in [0.2, 0.25) is 0 Å². The Morgan fingerprint density at radius 1 is 1.11 bits per heavy atom. The Bertz CT molecular complexity index is 84.5. The van der Waals surface area contributed by atoms with Gasteiger partial charge in [0.2, 0.25) is 0 Å². The lowest BCUT2D eigenvalue weighted by Gasteiger charge is -1.93. The predicted molar refractivity (Wildman–Crippen MR) is 49.8 cm³/mol. The van der Waals surface area contributed by atoms with Crippen LogP contribution in [0, 0.1) is 0 Å². The van der Waals surface area contributed by atoms with Gasteiger partial charge in [-0.15, -0.1) is 0 Å². The van der Waals surface area contributed by atoms with E-state index in [1.807, 2.05) is 0 Å². The van der Waals surface area contributed by atoms with E-state index < -0.39 is 0 Å². The van der Waals surface area contributed by atoms with Crippen LogP contribution in [0.3, 0.4) is 0 Å². The summed E-state index contributed by atoms with van der Waals surface area (Å²) >= 11 is 6.38. The first-order chi connectivity index (χ1) is 4.45. The fraction of sp³-hybridized carbons (Fsp3) is 1.00. The zero-order valence-electron chi connectivity index (χ0n) is 5.21. The second kappa shape index (κ2) is 2.97. The molecule has 3 heteroatoms. The minimum absolute atomic E-state index is 1.04. The van der Waals surface area contributed by atoms with Crippen LogP contribution in [0.5, 0.6) is 0 Å². The summed E-state index contributed by atoms with van der Waals surface area (Å²) in [7, 11) is 0. The summed E-state index contributed by atoms with van der Waals surface area (Å²) in [6, 6.07) is 0. The second-order valence-electron chi connectivity index (χ2n) is 2.45. The molecule has 2 aliphatic heterocycles. The molecular formula is C6H10S3. The summed E-state index contributed by atoms with van der Waals surface area (Å²) in [5.74, 6) is 5.71. The Morgan fingerprint density at radius 2 is 1.56 bits per heavy atom. The van der Waals surface area contributed by atoms with Crippen LogP contribution >= 0.6 is 35.3 Å². The normalized spacial score (nSPS) is 38.7. The first kappa shape index (κ1) is 6.74. The Hall–Kier alpha value is 1.05.